The van der Waals surface area contributed by atoms with Crippen LogP contribution >= 0.6 is 0 Å². The molecule has 0 amide bonds. The molecule has 3 heteroatoms. The van der Waals surface area contributed by atoms with Gasteiger partial charge in [-0.3, -0.25) is 4.98 Å². The van der Waals surface area contributed by atoms with Gasteiger partial charge >= 0.3 is 0 Å². The molecule has 0 saturated carbocycles. The number of nitrogens with two attached hydrogens (primary N) is 1. The third-order valence-corrected chi connectivity index (χ3v) is 3.45. The fraction of sp³-hybridized carbons (Fsp3) is 0.438. The maximum absolute atomic E-state index is 6.23. The Kier molecular flexibility index (Phi) is 4.88. The summed E-state index contributed by atoms with van der Waals surface area (Å²) in [5.41, 5.74) is 8.28. The molecule has 2 unspecified atom stereocenters. The van der Waals surface area contributed by atoms with Gasteiger partial charge in [-0.15, -0.1) is 0 Å². The molecule has 2 N–H and O–H groups in total. The van der Waals surface area contributed by atoms with Gasteiger partial charge in [0.05, 0.1) is 11.6 Å². The van der Waals surface area contributed by atoms with E-state index in [0.29, 0.717) is 0 Å². The second-order valence-electron chi connectivity index (χ2n) is 4.93. The molecule has 0 aliphatic rings. The summed E-state index contributed by atoms with van der Waals surface area (Å²) in [6, 6.07) is 12.3. The number of ether oxygens (including phenoxy) is 1. The zero-order valence-electron chi connectivity index (χ0n) is 11.7. The van der Waals surface area contributed by atoms with Gasteiger partial charge in [-0.1, -0.05) is 37.6 Å². The van der Waals surface area contributed by atoms with Crippen LogP contribution in [0.15, 0.2) is 36.4 Å². The third kappa shape index (κ3) is 3.52. The molecule has 1 aromatic carbocycles. The van der Waals surface area contributed by atoms with E-state index in [0.717, 1.165) is 35.9 Å². The van der Waals surface area contributed by atoms with Crippen molar-refractivity contribution in [1.29, 1.82) is 0 Å². The molecule has 0 aliphatic heterocycles. The highest BCUT2D eigenvalue weighted by molar-refractivity contribution is 5.78. The number of hydrogen-bond acceptors (Lipinski definition) is 3. The van der Waals surface area contributed by atoms with Crippen molar-refractivity contribution in [2.24, 2.45) is 5.73 Å². The molecule has 0 spiro atoms. The molecule has 0 radical (unpaired) electrons. The first-order chi connectivity index (χ1) is 9.24. The van der Waals surface area contributed by atoms with Crippen LogP contribution in [0.1, 0.15) is 25.5 Å². The standard InChI is InChI=1S/C16H22N2O/c1-3-6-16(19-2)14(17)11-13-10-9-12-7-4-5-8-15(12)18-13/h4-5,7-10,14,16H,3,6,11,17H2,1-2H3. The molecule has 0 saturated heterocycles. The van der Waals surface area contributed by atoms with Crippen molar-refractivity contribution < 1.29 is 4.74 Å². The van der Waals surface area contributed by atoms with Crippen molar-refractivity contribution in [3.05, 3.63) is 42.1 Å². The summed E-state index contributed by atoms with van der Waals surface area (Å²) in [5.74, 6) is 0. The Bertz CT molecular complexity index is 527. The lowest BCUT2D eigenvalue weighted by atomic mass is 10.0. The second-order valence-corrected chi connectivity index (χ2v) is 4.93. The normalized spacial score (nSPS) is 14.5. The van der Waals surface area contributed by atoms with Crippen molar-refractivity contribution in [1.82, 2.24) is 4.98 Å². The Morgan fingerprint density at radius 1 is 1.21 bits per heavy atom. The van der Waals surface area contributed by atoms with E-state index in [1.807, 2.05) is 18.2 Å². The van der Waals surface area contributed by atoms with Crippen LogP contribution in [0.3, 0.4) is 0 Å². The highest BCUT2D eigenvalue weighted by Gasteiger charge is 2.17. The Morgan fingerprint density at radius 3 is 2.74 bits per heavy atom. The van der Waals surface area contributed by atoms with Crippen LogP contribution < -0.4 is 5.73 Å². The SMILES string of the molecule is CCCC(OC)C(N)Cc1ccc2ccccc2n1. The van der Waals surface area contributed by atoms with Gasteiger partial charge in [0, 0.05) is 30.7 Å². The van der Waals surface area contributed by atoms with Crippen LogP contribution in [0.5, 0.6) is 0 Å². The van der Waals surface area contributed by atoms with Gasteiger partial charge in [-0.2, -0.15) is 0 Å². The minimum Gasteiger partial charge on any atom is -0.380 e. The summed E-state index contributed by atoms with van der Waals surface area (Å²) in [4.78, 5) is 4.66. The molecule has 2 atom stereocenters. The van der Waals surface area contributed by atoms with Crippen LogP contribution in [0.2, 0.25) is 0 Å². The van der Waals surface area contributed by atoms with Crippen molar-refractivity contribution in [2.75, 3.05) is 7.11 Å². The Hall–Kier alpha value is -1.45. The van der Waals surface area contributed by atoms with Crippen molar-refractivity contribution in [3.63, 3.8) is 0 Å². The van der Waals surface area contributed by atoms with Gasteiger partial charge in [0.2, 0.25) is 0 Å². The maximum Gasteiger partial charge on any atom is 0.0725 e. The molecule has 2 rings (SSSR count). The molecule has 0 aliphatic carbocycles. The van der Waals surface area contributed by atoms with Crippen LogP contribution in [0, 0.1) is 0 Å². The van der Waals surface area contributed by atoms with Gasteiger partial charge in [0.15, 0.2) is 0 Å². The van der Waals surface area contributed by atoms with E-state index in [4.69, 9.17) is 10.5 Å². The number of benzene rings is 1. The second kappa shape index (κ2) is 6.64. The van der Waals surface area contributed by atoms with Gasteiger partial charge < -0.3 is 10.5 Å². The van der Waals surface area contributed by atoms with Crippen LogP contribution in [0.4, 0.5) is 0 Å². The number of pyridine rings is 1. The van der Waals surface area contributed by atoms with Crippen LogP contribution in [0.25, 0.3) is 10.9 Å². The molecule has 2 aromatic rings. The molecule has 0 bridgehead atoms. The first-order valence-electron chi connectivity index (χ1n) is 6.87. The lowest BCUT2D eigenvalue weighted by Crippen LogP contribution is -2.38. The summed E-state index contributed by atoms with van der Waals surface area (Å²) in [6.45, 7) is 2.15. The van der Waals surface area contributed by atoms with Crippen molar-refractivity contribution >= 4 is 10.9 Å². The lowest BCUT2D eigenvalue weighted by Gasteiger charge is -2.21. The van der Waals surface area contributed by atoms with Gasteiger partial charge in [-0.25, -0.2) is 0 Å². The van der Waals surface area contributed by atoms with E-state index in [2.05, 4.69) is 30.1 Å². The zero-order valence-corrected chi connectivity index (χ0v) is 11.7. The van der Waals surface area contributed by atoms with Gasteiger partial charge in [0.1, 0.15) is 0 Å². The fourth-order valence-electron chi connectivity index (χ4n) is 2.39. The van der Waals surface area contributed by atoms with Crippen LogP contribution in [-0.4, -0.2) is 24.2 Å². The van der Waals surface area contributed by atoms with E-state index in [9.17, 15) is 0 Å². The minimum atomic E-state index is -0.00128. The van der Waals surface area contributed by atoms with E-state index >= 15 is 0 Å². The number of aromatic nitrogens is 1. The summed E-state index contributed by atoms with van der Waals surface area (Å²) in [7, 11) is 1.73. The molecule has 1 aromatic heterocycles. The molecular formula is C16H22N2O. The summed E-state index contributed by atoms with van der Waals surface area (Å²) < 4.78 is 5.46. The average Bonchev–Trinajstić information content (AvgIpc) is 2.44. The topological polar surface area (TPSA) is 48.1 Å². The Labute approximate surface area is 114 Å². The fourth-order valence-corrected chi connectivity index (χ4v) is 2.39. The molecule has 0 fully saturated rings. The minimum absolute atomic E-state index is 0.00128. The summed E-state index contributed by atoms with van der Waals surface area (Å²) in [6.07, 6.45) is 2.93. The first-order valence-corrected chi connectivity index (χ1v) is 6.87. The Balaban J connectivity index is 2.11. The molecule has 3 nitrogen and oxygen atoms in total. The smallest absolute Gasteiger partial charge is 0.0725 e. The number of rotatable bonds is 6. The quantitative estimate of drug-likeness (QED) is 0.866. The number of nitrogens with zero attached hydrogens (tertiary/aromatic N) is 1. The first kappa shape index (κ1) is 14.0. The number of hydrogen-bond donors (Lipinski definition) is 1. The average molecular weight is 258 g/mol. The zero-order chi connectivity index (χ0) is 13.7. The molecular weight excluding hydrogens is 236 g/mol. The number of para-hydroxylation sites is 1. The van der Waals surface area contributed by atoms with E-state index in [-0.39, 0.29) is 12.1 Å². The number of fused-ring (bicyclic) bond motifs is 1. The van der Waals surface area contributed by atoms with Crippen molar-refractivity contribution in [3.8, 4) is 0 Å². The van der Waals surface area contributed by atoms with Gasteiger partial charge in [-0.05, 0) is 18.6 Å². The maximum atomic E-state index is 6.23. The highest BCUT2D eigenvalue weighted by atomic mass is 16.5. The van der Waals surface area contributed by atoms with E-state index < -0.39 is 0 Å². The van der Waals surface area contributed by atoms with Crippen LogP contribution in [-0.2, 0) is 11.2 Å². The van der Waals surface area contributed by atoms with Gasteiger partial charge in [0.25, 0.3) is 0 Å². The van der Waals surface area contributed by atoms with E-state index in [1.54, 1.807) is 7.11 Å². The third-order valence-electron chi connectivity index (χ3n) is 3.45. The van der Waals surface area contributed by atoms with E-state index in [1.165, 1.54) is 0 Å². The molecule has 1 heterocycles. The molecule has 102 valence electrons. The number of methoxy groups -OCH3 is 1. The monoisotopic (exact) mass is 258 g/mol. The highest BCUT2D eigenvalue weighted by Crippen LogP contribution is 2.14. The predicted molar refractivity (Wildman–Crippen MR) is 79.1 cm³/mol. The van der Waals surface area contributed by atoms with Crippen molar-refractivity contribution in [2.45, 2.75) is 38.3 Å². The molecule has 19 heavy (non-hydrogen) atoms. The predicted octanol–water partition coefficient (Wildman–Crippen LogP) is 2.92. The summed E-state index contributed by atoms with van der Waals surface area (Å²) >= 11 is 0. The Morgan fingerprint density at radius 2 is 2.00 bits per heavy atom. The summed E-state index contributed by atoms with van der Waals surface area (Å²) in [5, 5.41) is 1.16. The largest absolute Gasteiger partial charge is 0.380 e. The lowest BCUT2D eigenvalue weighted by molar-refractivity contribution is 0.0724.